The van der Waals surface area contributed by atoms with E-state index in [2.05, 4.69) is 9.82 Å². The zero-order chi connectivity index (χ0) is 19.9. The number of amides is 1. The van der Waals surface area contributed by atoms with Crippen molar-refractivity contribution in [2.75, 3.05) is 11.4 Å². The summed E-state index contributed by atoms with van der Waals surface area (Å²) in [6, 6.07) is 4.59. The van der Waals surface area contributed by atoms with Crippen LogP contribution in [0.25, 0.3) is 0 Å². The maximum atomic E-state index is 12.9. The molecule has 1 aliphatic heterocycles. The predicted octanol–water partition coefficient (Wildman–Crippen LogP) is 2.38. The molecule has 1 aliphatic rings. The fourth-order valence-corrected chi connectivity index (χ4v) is 5.11. The molecular formula is C19H26N4O3S. The molecule has 1 N–H and O–H groups in total. The number of rotatable bonds is 4. The van der Waals surface area contributed by atoms with Gasteiger partial charge in [-0.2, -0.15) is 5.10 Å². The van der Waals surface area contributed by atoms with Crippen molar-refractivity contribution in [3.63, 3.8) is 0 Å². The Bertz CT molecular complexity index is 995. The van der Waals surface area contributed by atoms with Gasteiger partial charge in [0.05, 0.1) is 10.6 Å². The number of hydrogen-bond donors (Lipinski definition) is 1. The second-order valence-corrected chi connectivity index (χ2v) is 8.83. The Kier molecular flexibility index (Phi) is 5.14. The molecule has 0 fully saturated rings. The highest BCUT2D eigenvalue weighted by atomic mass is 32.2. The van der Waals surface area contributed by atoms with Gasteiger partial charge in [0.1, 0.15) is 0 Å². The van der Waals surface area contributed by atoms with Crippen LogP contribution in [0.4, 0.5) is 5.69 Å². The summed E-state index contributed by atoms with van der Waals surface area (Å²) in [5.74, 6) is -0.0270. The number of aromatic nitrogens is 2. The summed E-state index contributed by atoms with van der Waals surface area (Å²) < 4.78 is 30.4. The molecule has 146 valence electrons. The van der Waals surface area contributed by atoms with Crippen LogP contribution < -0.4 is 9.62 Å². The third-order valence-corrected chi connectivity index (χ3v) is 6.73. The zero-order valence-corrected chi connectivity index (χ0v) is 17.2. The molecule has 0 saturated heterocycles. The second kappa shape index (κ2) is 7.09. The molecule has 1 amide bonds. The van der Waals surface area contributed by atoms with Crippen LogP contribution >= 0.6 is 0 Å². The van der Waals surface area contributed by atoms with Crippen LogP contribution in [-0.4, -0.2) is 30.7 Å². The van der Waals surface area contributed by atoms with Crippen molar-refractivity contribution in [2.24, 2.45) is 7.05 Å². The van der Waals surface area contributed by atoms with Crippen molar-refractivity contribution in [2.45, 2.75) is 51.5 Å². The Morgan fingerprint density at radius 2 is 2.00 bits per heavy atom. The van der Waals surface area contributed by atoms with Gasteiger partial charge in [-0.1, -0.05) is 0 Å². The first-order valence-corrected chi connectivity index (χ1v) is 10.5. The van der Waals surface area contributed by atoms with E-state index in [1.54, 1.807) is 27.8 Å². The number of aryl methyl sites for hydroxylation is 3. The first-order chi connectivity index (χ1) is 12.6. The Hall–Kier alpha value is -2.19. The van der Waals surface area contributed by atoms with Crippen molar-refractivity contribution >= 4 is 21.6 Å². The second-order valence-electron chi connectivity index (χ2n) is 7.12. The fourth-order valence-electron chi connectivity index (χ4n) is 3.84. The van der Waals surface area contributed by atoms with Crippen LogP contribution in [0.2, 0.25) is 0 Å². The Balaban J connectivity index is 1.90. The highest BCUT2D eigenvalue weighted by Crippen LogP contribution is 2.30. The fraction of sp³-hybridized carbons (Fsp3) is 0.474. The van der Waals surface area contributed by atoms with Crippen LogP contribution in [0.3, 0.4) is 0 Å². The van der Waals surface area contributed by atoms with Crippen LogP contribution in [-0.2, 0) is 28.3 Å². The number of benzene rings is 1. The molecule has 2 heterocycles. The predicted molar refractivity (Wildman–Crippen MR) is 104 cm³/mol. The van der Waals surface area contributed by atoms with Gasteiger partial charge in [-0.25, -0.2) is 13.1 Å². The number of hydrogen-bond acceptors (Lipinski definition) is 4. The molecule has 0 unspecified atom stereocenters. The topological polar surface area (TPSA) is 84.3 Å². The maximum absolute atomic E-state index is 12.9. The molecule has 0 saturated carbocycles. The van der Waals surface area contributed by atoms with E-state index in [-0.39, 0.29) is 10.8 Å². The molecule has 27 heavy (non-hydrogen) atoms. The number of carbonyl (C=O) groups is 1. The zero-order valence-electron chi connectivity index (χ0n) is 16.4. The van der Waals surface area contributed by atoms with Gasteiger partial charge in [-0.05, 0) is 57.4 Å². The molecule has 8 heteroatoms. The van der Waals surface area contributed by atoms with E-state index < -0.39 is 16.1 Å². The lowest BCUT2D eigenvalue weighted by atomic mass is 10.0. The highest BCUT2D eigenvalue weighted by Gasteiger charge is 2.26. The van der Waals surface area contributed by atoms with Gasteiger partial charge < -0.3 is 4.90 Å². The third-order valence-electron chi connectivity index (χ3n) is 5.19. The van der Waals surface area contributed by atoms with E-state index in [0.717, 1.165) is 41.0 Å². The average molecular weight is 391 g/mol. The maximum Gasteiger partial charge on any atom is 0.241 e. The molecule has 0 aliphatic carbocycles. The standard InChI is InChI=1S/C19H26N4O3S/c1-12-19(14(3)22(5)20-12)13(2)21-27(25,26)17-8-9-18-16(11-17)7-6-10-23(18)15(4)24/h8-9,11,13,21H,6-7,10H2,1-5H3/t13-/m0/s1. The smallest absolute Gasteiger partial charge is 0.241 e. The Morgan fingerprint density at radius 3 is 2.59 bits per heavy atom. The number of carbonyl (C=O) groups excluding carboxylic acids is 1. The van der Waals surface area contributed by atoms with Crippen LogP contribution in [0, 0.1) is 13.8 Å². The molecule has 3 rings (SSSR count). The van der Waals surface area contributed by atoms with Crippen molar-refractivity contribution < 1.29 is 13.2 Å². The van der Waals surface area contributed by atoms with Gasteiger partial charge in [0.15, 0.2) is 0 Å². The van der Waals surface area contributed by atoms with E-state index >= 15 is 0 Å². The molecule has 0 radical (unpaired) electrons. The lowest BCUT2D eigenvalue weighted by Crippen LogP contribution is -2.34. The molecule has 1 aromatic carbocycles. The van der Waals surface area contributed by atoms with E-state index in [9.17, 15) is 13.2 Å². The highest BCUT2D eigenvalue weighted by molar-refractivity contribution is 7.89. The van der Waals surface area contributed by atoms with Gasteiger partial charge in [0.25, 0.3) is 0 Å². The van der Waals surface area contributed by atoms with Gasteiger partial charge in [-0.3, -0.25) is 9.48 Å². The first kappa shape index (κ1) is 19.6. The number of sulfonamides is 1. The van der Waals surface area contributed by atoms with Gasteiger partial charge in [0.2, 0.25) is 15.9 Å². The molecule has 0 spiro atoms. The van der Waals surface area contributed by atoms with E-state index in [1.165, 1.54) is 6.92 Å². The molecule has 0 bridgehead atoms. The SMILES string of the molecule is CC(=O)N1CCCc2cc(S(=O)(=O)N[C@@H](C)c3c(C)nn(C)c3C)ccc21. The summed E-state index contributed by atoms with van der Waals surface area (Å²) in [6.07, 6.45) is 1.59. The summed E-state index contributed by atoms with van der Waals surface area (Å²) in [7, 11) is -1.85. The van der Waals surface area contributed by atoms with Gasteiger partial charge in [0, 0.05) is 43.5 Å². The number of fused-ring (bicyclic) bond motifs is 1. The third kappa shape index (κ3) is 3.64. The van der Waals surface area contributed by atoms with Crippen molar-refractivity contribution in [3.8, 4) is 0 Å². The Labute approximate surface area is 160 Å². The van der Waals surface area contributed by atoms with E-state index in [4.69, 9.17) is 0 Å². The lowest BCUT2D eigenvalue weighted by molar-refractivity contribution is -0.116. The lowest BCUT2D eigenvalue weighted by Gasteiger charge is -2.29. The monoisotopic (exact) mass is 390 g/mol. The minimum absolute atomic E-state index is 0.0270. The minimum atomic E-state index is -3.69. The minimum Gasteiger partial charge on any atom is -0.312 e. The first-order valence-electron chi connectivity index (χ1n) is 9.05. The molecule has 7 nitrogen and oxygen atoms in total. The summed E-state index contributed by atoms with van der Waals surface area (Å²) in [6.45, 7) is 7.83. The average Bonchev–Trinajstić information content (AvgIpc) is 2.85. The summed E-state index contributed by atoms with van der Waals surface area (Å²) in [5, 5.41) is 4.36. The largest absolute Gasteiger partial charge is 0.312 e. The van der Waals surface area contributed by atoms with Crippen molar-refractivity contribution in [3.05, 3.63) is 40.7 Å². The van der Waals surface area contributed by atoms with E-state index in [0.29, 0.717) is 6.54 Å². The molecule has 1 aromatic heterocycles. The summed E-state index contributed by atoms with van der Waals surface area (Å²) in [4.78, 5) is 13.7. The normalized spacial score (nSPS) is 15.5. The van der Waals surface area contributed by atoms with Crippen LogP contribution in [0.15, 0.2) is 23.1 Å². The van der Waals surface area contributed by atoms with Gasteiger partial charge in [-0.15, -0.1) is 0 Å². The van der Waals surface area contributed by atoms with Crippen LogP contribution in [0.1, 0.15) is 48.8 Å². The van der Waals surface area contributed by atoms with Crippen LogP contribution in [0.5, 0.6) is 0 Å². The van der Waals surface area contributed by atoms with Crippen molar-refractivity contribution in [1.29, 1.82) is 0 Å². The number of nitrogens with one attached hydrogen (secondary N) is 1. The summed E-state index contributed by atoms with van der Waals surface area (Å²) >= 11 is 0. The molecule has 2 aromatic rings. The number of nitrogens with zero attached hydrogens (tertiary/aromatic N) is 3. The van der Waals surface area contributed by atoms with Gasteiger partial charge >= 0.3 is 0 Å². The van der Waals surface area contributed by atoms with E-state index in [1.807, 2.05) is 27.8 Å². The number of anilines is 1. The molecule has 1 atom stereocenters. The molecular weight excluding hydrogens is 364 g/mol. The summed E-state index contributed by atoms with van der Waals surface area (Å²) in [5.41, 5.74) is 4.33. The Morgan fingerprint density at radius 1 is 1.30 bits per heavy atom. The van der Waals surface area contributed by atoms with Crippen molar-refractivity contribution in [1.82, 2.24) is 14.5 Å². The quantitative estimate of drug-likeness (QED) is 0.869.